The fourth-order valence-corrected chi connectivity index (χ4v) is 2.91. The number of benzene rings is 2. The summed E-state index contributed by atoms with van der Waals surface area (Å²) < 4.78 is 5.17. The zero-order chi connectivity index (χ0) is 19.5. The van der Waals surface area contributed by atoms with E-state index in [0.717, 1.165) is 16.6 Å². The number of amides is 2. The summed E-state index contributed by atoms with van der Waals surface area (Å²) in [5.74, 6) is -0.0275. The molecule has 3 N–H and O–H groups in total. The Bertz CT molecular complexity index is 1110. The zero-order valence-electron chi connectivity index (χ0n) is 15.0. The van der Waals surface area contributed by atoms with E-state index < -0.39 is 11.8 Å². The Labute approximate surface area is 159 Å². The van der Waals surface area contributed by atoms with Gasteiger partial charge in [0.1, 0.15) is 22.8 Å². The van der Waals surface area contributed by atoms with Gasteiger partial charge in [0.05, 0.1) is 17.5 Å². The van der Waals surface area contributed by atoms with Gasteiger partial charge in [-0.05, 0) is 19.1 Å². The molecular formula is C20H17N5O3. The number of carbonyl (C=O) groups is 2. The maximum Gasteiger partial charge on any atom is 0.275 e. The van der Waals surface area contributed by atoms with Crippen molar-refractivity contribution >= 4 is 22.8 Å². The van der Waals surface area contributed by atoms with Crippen LogP contribution in [0.15, 0.2) is 59.1 Å². The number of hydrogen-bond acceptors (Lipinski definition) is 5. The first kappa shape index (κ1) is 17.5. The molecule has 4 aromatic rings. The number of nitrogens with one attached hydrogen (secondary N) is 3. The molecule has 0 saturated carbocycles. The largest absolute Gasteiger partial charge is 0.360 e. The van der Waals surface area contributed by atoms with Gasteiger partial charge in [0, 0.05) is 5.56 Å². The lowest BCUT2D eigenvalue weighted by Crippen LogP contribution is -2.42. The second kappa shape index (κ2) is 7.36. The van der Waals surface area contributed by atoms with Crippen molar-refractivity contribution in [1.29, 1.82) is 0 Å². The van der Waals surface area contributed by atoms with E-state index in [0.29, 0.717) is 17.3 Å². The molecule has 8 nitrogen and oxygen atoms in total. The van der Waals surface area contributed by atoms with Gasteiger partial charge in [-0.25, -0.2) is 4.98 Å². The summed E-state index contributed by atoms with van der Waals surface area (Å²) in [5.41, 5.74) is 7.88. The molecule has 28 heavy (non-hydrogen) atoms. The fourth-order valence-electron chi connectivity index (χ4n) is 2.91. The predicted octanol–water partition coefficient (Wildman–Crippen LogP) is 2.53. The molecule has 0 saturated heterocycles. The summed E-state index contributed by atoms with van der Waals surface area (Å²) in [6.07, 6.45) is 0.00310. The number of aromatic nitrogens is 3. The molecule has 0 fully saturated rings. The van der Waals surface area contributed by atoms with E-state index >= 15 is 0 Å². The summed E-state index contributed by atoms with van der Waals surface area (Å²) in [5, 5.41) is 3.96. The van der Waals surface area contributed by atoms with Gasteiger partial charge >= 0.3 is 0 Å². The third-order valence-corrected chi connectivity index (χ3v) is 4.22. The number of imidazole rings is 1. The zero-order valence-corrected chi connectivity index (χ0v) is 15.0. The van der Waals surface area contributed by atoms with Crippen LogP contribution in [0, 0.1) is 6.92 Å². The van der Waals surface area contributed by atoms with Crippen molar-refractivity contribution in [3.05, 3.63) is 71.7 Å². The number of fused-ring (bicyclic) bond motifs is 1. The highest BCUT2D eigenvalue weighted by Gasteiger charge is 2.22. The van der Waals surface area contributed by atoms with E-state index in [9.17, 15) is 9.59 Å². The summed E-state index contributed by atoms with van der Waals surface area (Å²) in [4.78, 5) is 32.2. The molecule has 2 amide bonds. The molecule has 0 unspecified atom stereocenters. The molecule has 0 radical (unpaired) electrons. The van der Waals surface area contributed by atoms with E-state index in [-0.39, 0.29) is 12.0 Å². The van der Waals surface area contributed by atoms with Crippen LogP contribution in [0.3, 0.4) is 0 Å². The van der Waals surface area contributed by atoms with Gasteiger partial charge in [-0.1, -0.05) is 47.6 Å². The van der Waals surface area contributed by atoms with E-state index in [1.165, 1.54) is 0 Å². The van der Waals surface area contributed by atoms with Crippen molar-refractivity contribution in [2.75, 3.05) is 0 Å². The first-order valence-corrected chi connectivity index (χ1v) is 8.66. The smallest absolute Gasteiger partial charge is 0.275 e. The third-order valence-electron chi connectivity index (χ3n) is 4.22. The maximum absolute atomic E-state index is 12.6. The third kappa shape index (κ3) is 3.48. The minimum atomic E-state index is -0.504. The Morgan fingerprint density at radius 3 is 2.57 bits per heavy atom. The van der Waals surface area contributed by atoms with Crippen molar-refractivity contribution in [3.8, 4) is 11.3 Å². The fraction of sp³-hybridized carbons (Fsp3) is 0.100. The number of nitrogens with zero attached hydrogens (tertiary/aromatic N) is 2. The standard InChI is InChI=1S/C20H17N5O3/c1-12-18(19(25-28-12)13-7-3-2-4-8-13)20(27)24-23-17(26)11-16-21-14-9-5-6-10-15(14)22-16/h2-10H,11H2,1H3,(H,21,22)(H,23,26)(H,24,27). The van der Waals surface area contributed by atoms with E-state index in [1.807, 2.05) is 54.6 Å². The molecule has 0 aliphatic carbocycles. The monoisotopic (exact) mass is 375 g/mol. The molecule has 0 aliphatic heterocycles. The summed E-state index contributed by atoms with van der Waals surface area (Å²) >= 11 is 0. The van der Waals surface area contributed by atoms with Gasteiger partial charge in [0.15, 0.2) is 0 Å². The quantitative estimate of drug-likeness (QED) is 0.475. The second-order valence-corrected chi connectivity index (χ2v) is 6.21. The molecule has 2 aromatic carbocycles. The molecule has 0 aliphatic rings. The van der Waals surface area contributed by atoms with E-state index in [1.54, 1.807) is 6.92 Å². The van der Waals surface area contributed by atoms with Gasteiger partial charge in [-0.3, -0.25) is 20.4 Å². The minimum absolute atomic E-state index is 0.00310. The number of rotatable bonds is 4. The maximum atomic E-state index is 12.6. The molecule has 8 heteroatoms. The van der Waals surface area contributed by atoms with Crippen molar-refractivity contribution in [2.45, 2.75) is 13.3 Å². The Kier molecular flexibility index (Phi) is 4.59. The van der Waals surface area contributed by atoms with E-state index in [2.05, 4.69) is 26.0 Å². The van der Waals surface area contributed by atoms with Crippen molar-refractivity contribution < 1.29 is 14.1 Å². The van der Waals surface area contributed by atoms with Crippen molar-refractivity contribution in [3.63, 3.8) is 0 Å². The molecule has 2 heterocycles. The second-order valence-electron chi connectivity index (χ2n) is 6.21. The van der Waals surface area contributed by atoms with Gasteiger partial charge < -0.3 is 9.51 Å². The van der Waals surface area contributed by atoms with Crippen molar-refractivity contribution in [2.24, 2.45) is 0 Å². The number of carbonyl (C=O) groups excluding carboxylic acids is 2. The van der Waals surface area contributed by atoms with Crippen LogP contribution in [-0.2, 0) is 11.2 Å². The van der Waals surface area contributed by atoms with Crippen LogP contribution in [0.4, 0.5) is 0 Å². The van der Waals surface area contributed by atoms with Crippen LogP contribution < -0.4 is 10.9 Å². The number of H-pyrrole nitrogens is 1. The highest BCUT2D eigenvalue weighted by Crippen LogP contribution is 2.24. The molecule has 0 spiro atoms. The van der Waals surface area contributed by atoms with Gasteiger partial charge in [0.2, 0.25) is 5.91 Å². The first-order valence-electron chi connectivity index (χ1n) is 8.66. The lowest BCUT2D eigenvalue weighted by molar-refractivity contribution is -0.121. The number of hydrazine groups is 1. The highest BCUT2D eigenvalue weighted by atomic mass is 16.5. The molecule has 4 rings (SSSR count). The summed E-state index contributed by atoms with van der Waals surface area (Å²) in [6, 6.07) is 16.7. The van der Waals surface area contributed by atoms with Crippen LogP contribution >= 0.6 is 0 Å². The topological polar surface area (TPSA) is 113 Å². The van der Waals surface area contributed by atoms with Crippen LogP contribution in [0.5, 0.6) is 0 Å². The Balaban J connectivity index is 1.43. The Morgan fingerprint density at radius 1 is 1.04 bits per heavy atom. The average Bonchev–Trinajstić information content (AvgIpc) is 3.29. The molecular weight excluding hydrogens is 358 g/mol. The lowest BCUT2D eigenvalue weighted by atomic mass is 10.1. The number of para-hydroxylation sites is 2. The molecule has 2 aromatic heterocycles. The molecule has 140 valence electrons. The molecule has 0 atom stereocenters. The van der Waals surface area contributed by atoms with Crippen LogP contribution in [0.1, 0.15) is 21.9 Å². The Morgan fingerprint density at radius 2 is 1.79 bits per heavy atom. The van der Waals surface area contributed by atoms with Crippen LogP contribution in [0.25, 0.3) is 22.3 Å². The van der Waals surface area contributed by atoms with Gasteiger partial charge in [-0.2, -0.15) is 0 Å². The number of hydrogen-bond donors (Lipinski definition) is 3. The highest BCUT2D eigenvalue weighted by molar-refractivity contribution is 6.01. The normalized spacial score (nSPS) is 10.8. The van der Waals surface area contributed by atoms with Gasteiger partial charge in [-0.15, -0.1) is 0 Å². The predicted molar refractivity (Wildman–Crippen MR) is 102 cm³/mol. The van der Waals surface area contributed by atoms with Crippen LogP contribution in [-0.4, -0.2) is 26.9 Å². The number of aryl methyl sites for hydroxylation is 1. The molecule has 0 bridgehead atoms. The minimum Gasteiger partial charge on any atom is -0.360 e. The van der Waals surface area contributed by atoms with Crippen molar-refractivity contribution in [1.82, 2.24) is 26.0 Å². The summed E-state index contributed by atoms with van der Waals surface area (Å²) in [6.45, 7) is 1.64. The lowest BCUT2D eigenvalue weighted by Gasteiger charge is -2.07. The summed E-state index contributed by atoms with van der Waals surface area (Å²) in [7, 11) is 0. The number of aromatic amines is 1. The SMILES string of the molecule is Cc1onc(-c2ccccc2)c1C(=O)NNC(=O)Cc1nc2ccccc2[nH]1. The first-order chi connectivity index (χ1) is 13.6. The average molecular weight is 375 g/mol. The van der Waals surface area contributed by atoms with Gasteiger partial charge in [0.25, 0.3) is 5.91 Å². The Hall–Kier alpha value is -3.94. The van der Waals surface area contributed by atoms with E-state index in [4.69, 9.17) is 4.52 Å². The van der Waals surface area contributed by atoms with Crippen LogP contribution in [0.2, 0.25) is 0 Å².